The molecule has 2 aromatic carbocycles. The van der Waals surface area contributed by atoms with E-state index in [9.17, 15) is 9.59 Å². The van der Waals surface area contributed by atoms with E-state index in [1.807, 2.05) is 49.4 Å². The van der Waals surface area contributed by atoms with E-state index >= 15 is 0 Å². The smallest absolute Gasteiger partial charge is 0.349 e. The summed E-state index contributed by atoms with van der Waals surface area (Å²) < 4.78 is 10.5. The average Bonchev–Trinajstić information content (AvgIpc) is 2.60. The fourth-order valence-corrected chi connectivity index (χ4v) is 2.57. The molecule has 3 rings (SSSR count). The van der Waals surface area contributed by atoms with Gasteiger partial charge in [-0.3, -0.25) is 4.79 Å². The maximum Gasteiger partial charge on any atom is 0.349 e. The van der Waals surface area contributed by atoms with E-state index in [1.165, 1.54) is 0 Å². The molecule has 0 aliphatic rings. The van der Waals surface area contributed by atoms with Crippen molar-refractivity contribution in [1.82, 2.24) is 5.32 Å². The highest BCUT2D eigenvalue weighted by atomic mass is 16.5. The van der Waals surface area contributed by atoms with E-state index in [-0.39, 0.29) is 12.1 Å². The highest BCUT2D eigenvalue weighted by molar-refractivity contribution is 5.96. The Morgan fingerprint density at radius 1 is 1.17 bits per heavy atom. The fraction of sp³-hybridized carbons (Fsp3) is 0.158. The predicted molar refractivity (Wildman–Crippen MR) is 91.4 cm³/mol. The quantitative estimate of drug-likeness (QED) is 0.749. The van der Waals surface area contributed by atoms with Gasteiger partial charge in [-0.25, -0.2) is 4.79 Å². The molecule has 0 bridgehead atoms. The van der Waals surface area contributed by atoms with Crippen LogP contribution in [0.2, 0.25) is 0 Å². The Hall–Kier alpha value is -3.08. The molecule has 5 nitrogen and oxygen atoms in total. The first-order valence-electron chi connectivity index (χ1n) is 7.53. The van der Waals surface area contributed by atoms with Crippen molar-refractivity contribution in [3.05, 3.63) is 75.6 Å². The number of carbonyl (C=O) groups excluding carboxylic acids is 1. The number of nitrogens with one attached hydrogen (secondary N) is 1. The Bertz CT molecular complexity index is 959. The second kappa shape index (κ2) is 6.58. The number of methoxy groups -OCH3 is 1. The van der Waals surface area contributed by atoms with E-state index < -0.39 is 11.5 Å². The molecule has 1 N–H and O–H groups in total. The van der Waals surface area contributed by atoms with Gasteiger partial charge in [0, 0.05) is 17.5 Å². The molecule has 0 spiro atoms. The largest absolute Gasteiger partial charge is 0.496 e. The van der Waals surface area contributed by atoms with Gasteiger partial charge in [-0.1, -0.05) is 36.4 Å². The van der Waals surface area contributed by atoms with Crippen molar-refractivity contribution in [3.63, 3.8) is 0 Å². The number of hydrogen-bond acceptors (Lipinski definition) is 4. The van der Waals surface area contributed by atoms with E-state index in [0.29, 0.717) is 11.3 Å². The van der Waals surface area contributed by atoms with Crippen LogP contribution in [-0.2, 0) is 6.54 Å². The van der Waals surface area contributed by atoms with Crippen LogP contribution in [0.25, 0.3) is 11.0 Å². The van der Waals surface area contributed by atoms with Crippen molar-refractivity contribution in [2.45, 2.75) is 13.5 Å². The van der Waals surface area contributed by atoms with Crippen molar-refractivity contribution >= 4 is 16.9 Å². The highest BCUT2D eigenvalue weighted by Crippen LogP contribution is 2.18. The molecule has 0 aliphatic carbocycles. The van der Waals surface area contributed by atoms with Crippen LogP contribution in [0.15, 0.2) is 57.7 Å². The molecule has 0 atom stereocenters. The summed E-state index contributed by atoms with van der Waals surface area (Å²) in [5, 5.41) is 3.45. The molecular formula is C19H17NO4. The first kappa shape index (κ1) is 15.8. The Morgan fingerprint density at radius 3 is 2.75 bits per heavy atom. The van der Waals surface area contributed by atoms with Gasteiger partial charge < -0.3 is 14.5 Å². The van der Waals surface area contributed by atoms with Gasteiger partial charge in [0.2, 0.25) is 0 Å². The molecular weight excluding hydrogens is 306 g/mol. The third kappa shape index (κ3) is 3.01. The minimum Gasteiger partial charge on any atom is -0.496 e. The van der Waals surface area contributed by atoms with Gasteiger partial charge in [-0.15, -0.1) is 0 Å². The van der Waals surface area contributed by atoms with E-state index in [4.69, 9.17) is 9.15 Å². The Balaban J connectivity index is 1.86. The molecule has 3 aromatic rings. The van der Waals surface area contributed by atoms with Crippen LogP contribution < -0.4 is 15.7 Å². The van der Waals surface area contributed by atoms with Crippen LogP contribution >= 0.6 is 0 Å². The maximum absolute atomic E-state index is 12.4. The first-order chi connectivity index (χ1) is 11.6. The Morgan fingerprint density at radius 2 is 1.96 bits per heavy atom. The molecule has 0 saturated carbocycles. The van der Waals surface area contributed by atoms with Crippen LogP contribution in [-0.4, -0.2) is 13.0 Å². The van der Waals surface area contributed by atoms with Gasteiger partial charge in [0.15, 0.2) is 0 Å². The molecule has 1 heterocycles. The van der Waals surface area contributed by atoms with Gasteiger partial charge in [-0.05, 0) is 24.6 Å². The van der Waals surface area contributed by atoms with Crippen molar-refractivity contribution in [2.75, 3.05) is 7.11 Å². The van der Waals surface area contributed by atoms with Crippen LogP contribution in [0, 0.1) is 6.92 Å². The average molecular weight is 323 g/mol. The molecule has 122 valence electrons. The lowest BCUT2D eigenvalue weighted by Gasteiger charge is -2.09. The lowest BCUT2D eigenvalue weighted by Crippen LogP contribution is -2.28. The summed E-state index contributed by atoms with van der Waals surface area (Å²) in [4.78, 5) is 24.5. The second-order valence-corrected chi connectivity index (χ2v) is 5.44. The maximum atomic E-state index is 12.4. The molecule has 0 unspecified atom stereocenters. The molecule has 0 radical (unpaired) electrons. The molecule has 5 heteroatoms. The number of para-hydroxylation sites is 2. The summed E-state index contributed by atoms with van der Waals surface area (Å²) in [7, 11) is 1.57. The van der Waals surface area contributed by atoms with E-state index in [2.05, 4.69) is 5.32 Å². The normalized spacial score (nSPS) is 10.6. The molecule has 24 heavy (non-hydrogen) atoms. The number of hydrogen-bond donors (Lipinski definition) is 1. The number of ether oxygens (including phenoxy) is 1. The highest BCUT2D eigenvalue weighted by Gasteiger charge is 2.14. The number of aryl methyl sites for hydroxylation is 1. The van der Waals surface area contributed by atoms with Crippen molar-refractivity contribution < 1.29 is 13.9 Å². The standard InChI is InChI=1S/C19H17NO4/c1-12-6-5-8-13-10-15(19(22)24-17(12)13)18(21)20-11-14-7-3-4-9-16(14)23-2/h3-10H,11H2,1-2H3,(H,20,21). The van der Waals surface area contributed by atoms with Crippen LogP contribution in [0.1, 0.15) is 21.5 Å². The summed E-state index contributed by atoms with van der Waals surface area (Å²) >= 11 is 0. The number of amides is 1. The minimum atomic E-state index is -0.644. The van der Waals surface area contributed by atoms with Crippen LogP contribution in [0.3, 0.4) is 0 Å². The lowest BCUT2D eigenvalue weighted by atomic mass is 10.1. The topological polar surface area (TPSA) is 68.5 Å². The SMILES string of the molecule is COc1ccccc1CNC(=O)c1cc2cccc(C)c2oc1=O. The first-order valence-corrected chi connectivity index (χ1v) is 7.53. The Labute approximate surface area is 138 Å². The number of fused-ring (bicyclic) bond motifs is 1. The zero-order valence-electron chi connectivity index (χ0n) is 13.5. The predicted octanol–water partition coefficient (Wildman–Crippen LogP) is 3.04. The van der Waals surface area contributed by atoms with Gasteiger partial charge in [-0.2, -0.15) is 0 Å². The van der Waals surface area contributed by atoms with Gasteiger partial charge in [0.25, 0.3) is 5.91 Å². The summed E-state index contributed by atoms with van der Waals surface area (Å²) in [5.41, 5.74) is 1.53. The monoisotopic (exact) mass is 323 g/mol. The summed E-state index contributed by atoms with van der Waals surface area (Å²) in [6.07, 6.45) is 0. The zero-order chi connectivity index (χ0) is 17.1. The van der Waals surface area contributed by atoms with Crippen molar-refractivity contribution in [3.8, 4) is 5.75 Å². The van der Waals surface area contributed by atoms with E-state index in [0.717, 1.165) is 16.5 Å². The Kier molecular flexibility index (Phi) is 4.33. The summed E-state index contributed by atoms with van der Waals surface area (Å²) in [6.45, 7) is 2.11. The third-order valence-electron chi connectivity index (χ3n) is 3.83. The van der Waals surface area contributed by atoms with Crippen LogP contribution in [0.5, 0.6) is 5.75 Å². The van der Waals surface area contributed by atoms with E-state index in [1.54, 1.807) is 13.2 Å². The number of carbonyl (C=O) groups is 1. The van der Waals surface area contributed by atoms with Crippen molar-refractivity contribution in [1.29, 1.82) is 0 Å². The minimum absolute atomic E-state index is 0.0111. The van der Waals surface area contributed by atoms with Crippen molar-refractivity contribution in [2.24, 2.45) is 0 Å². The molecule has 0 fully saturated rings. The summed E-state index contributed by atoms with van der Waals surface area (Å²) in [6, 6.07) is 14.5. The number of benzene rings is 2. The van der Waals surface area contributed by atoms with Gasteiger partial charge in [0.05, 0.1) is 7.11 Å². The lowest BCUT2D eigenvalue weighted by molar-refractivity contribution is 0.0947. The molecule has 1 amide bonds. The van der Waals surface area contributed by atoms with Gasteiger partial charge >= 0.3 is 5.63 Å². The molecule has 1 aromatic heterocycles. The second-order valence-electron chi connectivity index (χ2n) is 5.44. The third-order valence-corrected chi connectivity index (χ3v) is 3.83. The molecule has 0 saturated heterocycles. The summed E-state index contributed by atoms with van der Waals surface area (Å²) in [5.74, 6) is 0.206. The number of rotatable bonds is 4. The van der Waals surface area contributed by atoms with Gasteiger partial charge in [0.1, 0.15) is 16.9 Å². The molecule has 0 aliphatic heterocycles. The fourth-order valence-electron chi connectivity index (χ4n) is 2.57. The van der Waals surface area contributed by atoms with Crippen LogP contribution in [0.4, 0.5) is 0 Å². The zero-order valence-corrected chi connectivity index (χ0v) is 13.5.